The fraction of sp³-hybridized carbons (Fsp3) is 0.909. The van der Waals surface area contributed by atoms with Crippen molar-refractivity contribution < 1.29 is 4.79 Å². The molecule has 0 aromatic carbocycles. The summed E-state index contributed by atoms with van der Waals surface area (Å²) in [7, 11) is 0. The van der Waals surface area contributed by atoms with Crippen LogP contribution < -0.4 is 5.32 Å². The summed E-state index contributed by atoms with van der Waals surface area (Å²) in [6, 6.07) is 0.0347. The monoisotopic (exact) mass is 217 g/mol. The summed E-state index contributed by atoms with van der Waals surface area (Å²) in [6.07, 6.45) is 3.01. The van der Waals surface area contributed by atoms with Gasteiger partial charge in [0.05, 0.1) is 6.04 Å². The summed E-state index contributed by atoms with van der Waals surface area (Å²) in [5.41, 5.74) is -0.231. The molecule has 0 aromatic heterocycles. The fourth-order valence-electron chi connectivity index (χ4n) is 1.33. The van der Waals surface area contributed by atoms with Crippen molar-refractivity contribution in [2.45, 2.75) is 40.2 Å². The lowest BCUT2D eigenvalue weighted by molar-refractivity contribution is -0.128. The van der Waals surface area contributed by atoms with Crippen molar-refractivity contribution in [2.24, 2.45) is 5.41 Å². The number of thioether (sulfide) groups is 1. The minimum Gasteiger partial charge on any atom is -0.308 e. The lowest BCUT2D eigenvalue weighted by Gasteiger charge is -2.24. The van der Waals surface area contributed by atoms with Crippen molar-refractivity contribution in [1.82, 2.24) is 5.32 Å². The molecule has 0 bridgehead atoms. The van der Waals surface area contributed by atoms with E-state index in [-0.39, 0.29) is 11.5 Å². The number of carbonyl (C=O) groups excluding carboxylic acids is 1. The maximum Gasteiger partial charge on any atom is 0.155 e. The molecule has 0 amide bonds. The van der Waals surface area contributed by atoms with Crippen molar-refractivity contribution in [3.63, 3.8) is 0 Å². The van der Waals surface area contributed by atoms with E-state index in [0.29, 0.717) is 5.78 Å². The highest BCUT2D eigenvalue weighted by atomic mass is 32.2. The second kappa shape index (κ2) is 6.46. The van der Waals surface area contributed by atoms with E-state index in [4.69, 9.17) is 0 Å². The molecular weight excluding hydrogens is 194 g/mol. The molecule has 3 heteroatoms. The van der Waals surface area contributed by atoms with Crippen LogP contribution in [0.2, 0.25) is 0 Å². The molecule has 0 fully saturated rings. The summed E-state index contributed by atoms with van der Waals surface area (Å²) in [5.74, 6) is 1.37. The Hall–Kier alpha value is -0.0200. The van der Waals surface area contributed by atoms with Crippen molar-refractivity contribution in [2.75, 3.05) is 18.6 Å². The number of hydrogen-bond donors (Lipinski definition) is 1. The van der Waals surface area contributed by atoms with Gasteiger partial charge in [-0.2, -0.15) is 11.8 Å². The van der Waals surface area contributed by atoms with Crippen LogP contribution in [0.3, 0.4) is 0 Å². The van der Waals surface area contributed by atoms with Crippen LogP contribution in [0.5, 0.6) is 0 Å². The minimum absolute atomic E-state index is 0.0347. The topological polar surface area (TPSA) is 29.1 Å². The largest absolute Gasteiger partial charge is 0.308 e. The van der Waals surface area contributed by atoms with E-state index in [1.54, 1.807) is 11.8 Å². The Morgan fingerprint density at radius 2 is 2.00 bits per heavy atom. The average molecular weight is 217 g/mol. The standard InChI is InChI=1S/C11H23NOS/c1-6-12-9(7-8-14-5)10(13)11(2,3)4/h9,12H,6-8H2,1-5H3. The number of ketones is 1. The zero-order chi connectivity index (χ0) is 11.2. The predicted octanol–water partition coefficient (Wildman–Crippen LogP) is 2.33. The van der Waals surface area contributed by atoms with Gasteiger partial charge in [0.1, 0.15) is 0 Å². The van der Waals surface area contributed by atoms with Gasteiger partial charge in [-0.25, -0.2) is 0 Å². The predicted molar refractivity (Wildman–Crippen MR) is 64.9 cm³/mol. The molecule has 0 radical (unpaired) electrons. The van der Waals surface area contributed by atoms with Gasteiger partial charge >= 0.3 is 0 Å². The molecule has 0 spiro atoms. The smallest absolute Gasteiger partial charge is 0.155 e. The van der Waals surface area contributed by atoms with Gasteiger partial charge < -0.3 is 5.32 Å². The summed E-state index contributed by atoms with van der Waals surface area (Å²) in [5, 5.41) is 3.26. The molecule has 0 rings (SSSR count). The van der Waals surface area contributed by atoms with E-state index < -0.39 is 0 Å². The molecule has 1 unspecified atom stereocenters. The fourth-order valence-corrected chi connectivity index (χ4v) is 1.80. The lowest BCUT2D eigenvalue weighted by atomic mass is 9.85. The maximum atomic E-state index is 12.0. The van der Waals surface area contributed by atoms with Gasteiger partial charge in [-0.3, -0.25) is 4.79 Å². The third kappa shape index (κ3) is 5.01. The van der Waals surface area contributed by atoms with E-state index in [2.05, 4.69) is 11.6 Å². The van der Waals surface area contributed by atoms with Crippen LogP contribution >= 0.6 is 11.8 Å². The summed E-state index contributed by atoms with van der Waals surface area (Å²) in [4.78, 5) is 12.0. The second-order valence-electron chi connectivity index (χ2n) is 4.51. The molecule has 0 aliphatic rings. The third-order valence-electron chi connectivity index (χ3n) is 2.12. The van der Waals surface area contributed by atoms with Gasteiger partial charge in [0, 0.05) is 5.41 Å². The second-order valence-corrected chi connectivity index (χ2v) is 5.49. The molecule has 0 saturated carbocycles. The minimum atomic E-state index is -0.231. The SMILES string of the molecule is CCNC(CCSC)C(=O)C(C)(C)C. The number of likely N-dealkylation sites (N-methyl/N-ethyl adjacent to an activating group) is 1. The summed E-state index contributed by atoms with van der Waals surface area (Å²) >= 11 is 1.79. The van der Waals surface area contributed by atoms with Gasteiger partial charge in [-0.05, 0) is 25.0 Å². The van der Waals surface area contributed by atoms with Crippen LogP contribution in [0, 0.1) is 5.41 Å². The van der Waals surface area contributed by atoms with Crippen LogP contribution in [-0.4, -0.2) is 30.4 Å². The normalized spacial score (nSPS) is 14.1. The molecule has 84 valence electrons. The van der Waals surface area contributed by atoms with Gasteiger partial charge in [-0.15, -0.1) is 0 Å². The van der Waals surface area contributed by atoms with Crippen LogP contribution in [0.4, 0.5) is 0 Å². The zero-order valence-electron chi connectivity index (χ0n) is 10.0. The lowest BCUT2D eigenvalue weighted by Crippen LogP contribution is -2.43. The molecule has 0 aliphatic carbocycles. The van der Waals surface area contributed by atoms with Crippen molar-refractivity contribution >= 4 is 17.5 Å². The zero-order valence-corrected chi connectivity index (χ0v) is 10.8. The molecule has 0 aromatic rings. The number of rotatable bonds is 6. The van der Waals surface area contributed by atoms with Crippen molar-refractivity contribution in [1.29, 1.82) is 0 Å². The highest BCUT2D eigenvalue weighted by Crippen LogP contribution is 2.18. The molecule has 14 heavy (non-hydrogen) atoms. The first-order chi connectivity index (χ1) is 6.43. The van der Waals surface area contributed by atoms with E-state index in [1.807, 2.05) is 27.7 Å². The Morgan fingerprint density at radius 3 is 2.36 bits per heavy atom. The van der Waals surface area contributed by atoms with Gasteiger partial charge in [0.25, 0.3) is 0 Å². The summed E-state index contributed by atoms with van der Waals surface area (Å²) < 4.78 is 0. The highest BCUT2D eigenvalue weighted by molar-refractivity contribution is 7.98. The highest BCUT2D eigenvalue weighted by Gasteiger charge is 2.28. The Bertz CT molecular complexity index is 175. The number of Topliss-reactive ketones (excluding diaryl/α,β-unsaturated/α-hetero) is 1. The van der Waals surface area contributed by atoms with Crippen LogP contribution in [-0.2, 0) is 4.79 Å². The van der Waals surface area contributed by atoms with Crippen LogP contribution in [0.25, 0.3) is 0 Å². The number of hydrogen-bond acceptors (Lipinski definition) is 3. The molecule has 2 nitrogen and oxygen atoms in total. The Balaban J connectivity index is 4.25. The number of carbonyl (C=O) groups is 1. The number of nitrogens with one attached hydrogen (secondary N) is 1. The maximum absolute atomic E-state index is 12.0. The molecular formula is C11H23NOS. The molecule has 1 N–H and O–H groups in total. The van der Waals surface area contributed by atoms with E-state index >= 15 is 0 Å². The molecule has 0 aliphatic heterocycles. The summed E-state index contributed by atoms with van der Waals surface area (Å²) in [6.45, 7) is 8.86. The van der Waals surface area contributed by atoms with Crippen molar-refractivity contribution in [3.05, 3.63) is 0 Å². The van der Waals surface area contributed by atoms with Crippen molar-refractivity contribution in [3.8, 4) is 0 Å². The molecule has 1 atom stereocenters. The van der Waals surface area contributed by atoms with Gasteiger partial charge in [-0.1, -0.05) is 27.7 Å². The van der Waals surface area contributed by atoms with E-state index in [9.17, 15) is 4.79 Å². The van der Waals surface area contributed by atoms with E-state index in [1.165, 1.54) is 0 Å². The van der Waals surface area contributed by atoms with Crippen LogP contribution in [0.15, 0.2) is 0 Å². The van der Waals surface area contributed by atoms with Crippen LogP contribution in [0.1, 0.15) is 34.1 Å². The molecule has 0 heterocycles. The Morgan fingerprint density at radius 1 is 1.43 bits per heavy atom. The third-order valence-corrected chi connectivity index (χ3v) is 2.76. The first kappa shape index (κ1) is 14.0. The Kier molecular flexibility index (Phi) is 6.45. The quantitative estimate of drug-likeness (QED) is 0.740. The van der Waals surface area contributed by atoms with Gasteiger partial charge in [0.15, 0.2) is 5.78 Å². The Labute approximate surface area is 92.2 Å². The average Bonchev–Trinajstić information content (AvgIpc) is 2.09. The van der Waals surface area contributed by atoms with Gasteiger partial charge in [0.2, 0.25) is 0 Å². The first-order valence-electron chi connectivity index (χ1n) is 5.20. The first-order valence-corrected chi connectivity index (χ1v) is 6.59. The van der Waals surface area contributed by atoms with E-state index in [0.717, 1.165) is 18.7 Å². The molecule has 0 saturated heterocycles.